The number of amides is 1. The highest BCUT2D eigenvalue weighted by Crippen LogP contribution is 2.41. The van der Waals surface area contributed by atoms with Crippen molar-refractivity contribution in [1.29, 1.82) is 0 Å². The molecular formula is C29H32F4N6O3. The molecule has 1 aromatic carbocycles. The summed E-state index contributed by atoms with van der Waals surface area (Å²) >= 11 is 0. The maximum absolute atomic E-state index is 14.2. The number of methoxy groups -OCH3 is 1. The van der Waals surface area contributed by atoms with Crippen LogP contribution in [0.15, 0.2) is 30.3 Å². The lowest BCUT2D eigenvalue weighted by Crippen LogP contribution is -2.50. The predicted molar refractivity (Wildman–Crippen MR) is 148 cm³/mol. The number of halogens is 4. The summed E-state index contributed by atoms with van der Waals surface area (Å²) in [6.45, 7) is 1.41. The molecule has 0 spiro atoms. The molecule has 3 aromatic heterocycles. The van der Waals surface area contributed by atoms with Crippen LogP contribution in [0.1, 0.15) is 42.2 Å². The number of carbonyl (C=O) groups is 1. The van der Waals surface area contributed by atoms with E-state index in [1.807, 2.05) is 10.6 Å². The first kappa shape index (κ1) is 28.4. The first-order chi connectivity index (χ1) is 19.8. The fourth-order valence-electron chi connectivity index (χ4n) is 5.71. The van der Waals surface area contributed by atoms with Gasteiger partial charge >= 0.3 is 6.18 Å². The number of piperidine rings is 1. The van der Waals surface area contributed by atoms with Gasteiger partial charge in [0, 0.05) is 37.1 Å². The number of alkyl halides is 4. The summed E-state index contributed by atoms with van der Waals surface area (Å²) in [6.07, 6.45) is -3.93. The van der Waals surface area contributed by atoms with E-state index in [2.05, 4.69) is 4.98 Å². The Bertz CT molecular complexity index is 1680. The van der Waals surface area contributed by atoms with Crippen LogP contribution in [0.2, 0.25) is 0 Å². The van der Waals surface area contributed by atoms with Crippen LogP contribution in [0, 0.1) is 5.92 Å². The van der Waals surface area contributed by atoms with Gasteiger partial charge in [0.2, 0.25) is 0 Å². The lowest BCUT2D eigenvalue weighted by Gasteiger charge is -2.33. The zero-order valence-corrected chi connectivity index (χ0v) is 23.5. The summed E-state index contributed by atoms with van der Waals surface area (Å²) < 4.78 is 64.4. The van der Waals surface area contributed by atoms with Crippen LogP contribution in [0.4, 0.5) is 17.6 Å². The second-order valence-electron chi connectivity index (χ2n) is 11.6. The maximum Gasteiger partial charge on any atom is 0.422 e. The fourth-order valence-corrected chi connectivity index (χ4v) is 5.71. The molecule has 1 saturated heterocycles. The highest BCUT2D eigenvalue weighted by molar-refractivity contribution is 6.00. The summed E-state index contributed by atoms with van der Waals surface area (Å²) in [6, 6.07) is 7.29. The average Bonchev–Trinajstić information content (AvgIpc) is 3.60. The molecule has 13 heteroatoms. The third-order valence-electron chi connectivity index (χ3n) is 8.28. The Hall–Kier alpha value is -3.71. The van der Waals surface area contributed by atoms with Gasteiger partial charge in [-0.1, -0.05) is 0 Å². The highest BCUT2D eigenvalue weighted by atomic mass is 19.4. The van der Waals surface area contributed by atoms with E-state index in [4.69, 9.17) is 15.5 Å². The van der Waals surface area contributed by atoms with Crippen LogP contribution in [-0.4, -0.2) is 73.6 Å². The molecule has 0 bridgehead atoms. The first-order valence-electron chi connectivity index (χ1n) is 13.8. The quantitative estimate of drug-likeness (QED) is 0.325. The van der Waals surface area contributed by atoms with E-state index in [1.165, 1.54) is 24.1 Å². The summed E-state index contributed by atoms with van der Waals surface area (Å²) in [5.41, 5.74) is 4.64. The third kappa shape index (κ3) is 4.77. The van der Waals surface area contributed by atoms with Crippen molar-refractivity contribution in [3.63, 3.8) is 0 Å². The van der Waals surface area contributed by atoms with Gasteiger partial charge in [-0.15, -0.1) is 0 Å². The van der Waals surface area contributed by atoms with Gasteiger partial charge in [0.05, 0.1) is 30.6 Å². The minimum absolute atomic E-state index is 0.0438. The van der Waals surface area contributed by atoms with Crippen molar-refractivity contribution in [1.82, 2.24) is 24.0 Å². The minimum Gasteiger partial charge on any atom is -0.494 e. The number of carbonyl (C=O) groups excluding carboxylic acids is 1. The van der Waals surface area contributed by atoms with Crippen molar-refractivity contribution < 1.29 is 32.2 Å². The Labute approximate surface area is 238 Å². The van der Waals surface area contributed by atoms with E-state index in [9.17, 15) is 27.5 Å². The number of aromatic nitrogens is 4. The molecule has 2 aliphatic rings. The minimum atomic E-state index is -4.90. The molecule has 1 unspecified atom stereocenters. The lowest BCUT2D eigenvalue weighted by molar-refractivity contribution is -0.260. The standard InChI is InChI=1S/C29H32F4N6O3/c1-28(41,29(31,32)33)23-7-6-16-9-21(39(25(16)36-23)12-15-4-5-15)26-35-20-8-17(10-22(42-3)24(20)37(26)2)27(40)38-13-18(30)11-19(34)14-38/h6-10,15,18-19,41H,4-5,11-14,34H2,1-3H3/t18-,19-,28?/m1/s1. The topological polar surface area (TPSA) is 111 Å². The first-order valence-corrected chi connectivity index (χ1v) is 13.8. The Morgan fingerprint density at radius 3 is 2.55 bits per heavy atom. The molecule has 224 valence electrons. The van der Waals surface area contributed by atoms with Crippen LogP contribution < -0.4 is 10.5 Å². The molecule has 1 amide bonds. The Morgan fingerprint density at radius 1 is 1.17 bits per heavy atom. The van der Waals surface area contributed by atoms with Gasteiger partial charge in [-0.3, -0.25) is 4.79 Å². The molecule has 2 fully saturated rings. The molecule has 42 heavy (non-hydrogen) atoms. The van der Waals surface area contributed by atoms with Crippen LogP contribution >= 0.6 is 0 Å². The predicted octanol–water partition coefficient (Wildman–Crippen LogP) is 4.29. The summed E-state index contributed by atoms with van der Waals surface area (Å²) in [5.74, 6) is 0.856. The van der Waals surface area contributed by atoms with Gasteiger partial charge in [0.25, 0.3) is 5.91 Å². The van der Waals surface area contributed by atoms with Gasteiger partial charge in [-0.25, -0.2) is 14.4 Å². The van der Waals surface area contributed by atoms with Crippen LogP contribution in [-0.2, 0) is 19.2 Å². The van der Waals surface area contributed by atoms with Gasteiger partial charge in [0.1, 0.15) is 23.1 Å². The number of pyridine rings is 1. The average molecular weight is 589 g/mol. The number of hydrogen-bond donors (Lipinski definition) is 2. The number of likely N-dealkylation sites (tertiary alicyclic amines) is 1. The Kier molecular flexibility index (Phi) is 6.72. The van der Waals surface area contributed by atoms with E-state index in [0.29, 0.717) is 58.7 Å². The van der Waals surface area contributed by atoms with Crippen molar-refractivity contribution in [2.45, 2.75) is 56.7 Å². The number of aryl methyl sites for hydroxylation is 1. The lowest BCUT2D eigenvalue weighted by atomic mass is 10.0. The summed E-state index contributed by atoms with van der Waals surface area (Å²) in [7, 11) is 3.27. The van der Waals surface area contributed by atoms with E-state index >= 15 is 0 Å². The molecular weight excluding hydrogens is 556 g/mol. The molecule has 6 rings (SSSR count). The normalized spacial score (nSPS) is 21.2. The van der Waals surface area contributed by atoms with E-state index in [-0.39, 0.29) is 31.0 Å². The largest absolute Gasteiger partial charge is 0.494 e. The van der Waals surface area contributed by atoms with E-state index < -0.39 is 29.7 Å². The van der Waals surface area contributed by atoms with Crippen molar-refractivity contribution in [3.8, 4) is 17.3 Å². The molecule has 9 nitrogen and oxygen atoms in total. The third-order valence-corrected chi connectivity index (χ3v) is 8.28. The van der Waals surface area contributed by atoms with Crippen molar-refractivity contribution in [3.05, 3.63) is 41.6 Å². The molecule has 4 aromatic rings. The number of hydrogen-bond acceptors (Lipinski definition) is 6. The van der Waals surface area contributed by atoms with E-state index in [1.54, 1.807) is 23.7 Å². The van der Waals surface area contributed by atoms with Gasteiger partial charge in [0.15, 0.2) is 11.4 Å². The number of imidazole rings is 1. The number of rotatable bonds is 6. The number of ether oxygens (including phenoxy) is 1. The SMILES string of the molecule is COc1cc(C(=O)N2C[C@H](N)C[C@@H](F)C2)cc2nc(-c3cc4ccc(C(C)(O)C(F)(F)F)nc4n3CC3CC3)n(C)c12. The smallest absolute Gasteiger partial charge is 0.422 e. The van der Waals surface area contributed by atoms with Crippen LogP contribution in [0.3, 0.4) is 0 Å². The number of nitrogens with zero attached hydrogens (tertiary/aromatic N) is 5. The molecule has 3 N–H and O–H groups in total. The zero-order valence-electron chi connectivity index (χ0n) is 23.5. The molecule has 3 atom stereocenters. The molecule has 0 radical (unpaired) electrons. The van der Waals surface area contributed by atoms with Crippen LogP contribution in [0.5, 0.6) is 5.75 Å². The van der Waals surface area contributed by atoms with Crippen molar-refractivity contribution in [2.75, 3.05) is 20.2 Å². The number of fused-ring (bicyclic) bond motifs is 2. The molecule has 1 saturated carbocycles. The molecule has 4 heterocycles. The molecule has 1 aliphatic heterocycles. The maximum atomic E-state index is 14.2. The zero-order chi connectivity index (χ0) is 30.1. The highest BCUT2D eigenvalue weighted by Gasteiger charge is 2.52. The van der Waals surface area contributed by atoms with Crippen molar-refractivity contribution >= 4 is 28.0 Å². The summed E-state index contributed by atoms with van der Waals surface area (Å²) in [4.78, 5) is 23.9. The number of aliphatic hydroxyl groups is 1. The van der Waals surface area contributed by atoms with Gasteiger partial charge < -0.3 is 29.6 Å². The monoisotopic (exact) mass is 588 g/mol. The summed E-state index contributed by atoms with van der Waals surface area (Å²) in [5, 5.41) is 10.9. The van der Waals surface area contributed by atoms with Gasteiger partial charge in [-0.2, -0.15) is 13.2 Å². The number of nitrogens with two attached hydrogens (primary N) is 1. The fraction of sp³-hybridized carbons (Fsp3) is 0.483. The van der Waals surface area contributed by atoms with E-state index in [0.717, 1.165) is 12.8 Å². The van der Waals surface area contributed by atoms with Gasteiger partial charge in [-0.05, 0) is 62.4 Å². The Morgan fingerprint density at radius 2 is 1.90 bits per heavy atom. The second-order valence-corrected chi connectivity index (χ2v) is 11.6. The Balaban J connectivity index is 1.48. The number of benzene rings is 1. The molecule has 1 aliphatic carbocycles. The van der Waals surface area contributed by atoms with Crippen molar-refractivity contribution in [2.24, 2.45) is 18.7 Å². The second kappa shape index (κ2) is 9.94. The van der Waals surface area contributed by atoms with Crippen LogP contribution in [0.25, 0.3) is 33.6 Å².